The maximum Gasteiger partial charge on any atom is 0.0860 e. The summed E-state index contributed by atoms with van der Waals surface area (Å²) in [5.41, 5.74) is 0. The van der Waals surface area contributed by atoms with Gasteiger partial charge in [-0.25, -0.2) is 0 Å². The molecule has 0 radical (unpaired) electrons. The summed E-state index contributed by atoms with van der Waals surface area (Å²) in [6, 6.07) is 4.23. The molecule has 2 heterocycles. The largest absolute Gasteiger partial charge is 0.390 e. The van der Waals surface area contributed by atoms with E-state index in [-0.39, 0.29) is 12.1 Å². The highest BCUT2D eigenvalue weighted by Gasteiger charge is 2.15. The summed E-state index contributed by atoms with van der Waals surface area (Å²) in [6.45, 7) is 5.23. The predicted octanol–water partition coefficient (Wildman–Crippen LogP) is 0.680. The number of aromatic nitrogens is 4. The van der Waals surface area contributed by atoms with E-state index < -0.39 is 6.10 Å². The summed E-state index contributed by atoms with van der Waals surface area (Å²) in [5.74, 6) is 0. The average Bonchev–Trinajstić information content (AvgIpc) is 3.07. The summed E-state index contributed by atoms with van der Waals surface area (Å²) in [7, 11) is 0. The molecule has 2 N–H and O–H groups in total. The van der Waals surface area contributed by atoms with Crippen LogP contribution in [-0.2, 0) is 6.54 Å². The van der Waals surface area contributed by atoms with Gasteiger partial charge in [0.25, 0.3) is 0 Å². The molecule has 0 aromatic carbocycles. The topological polar surface area (TPSA) is 67.9 Å². The monoisotopic (exact) mass is 263 g/mol. The second kappa shape index (κ2) is 6.49. The van der Waals surface area contributed by atoms with Crippen LogP contribution in [0.25, 0.3) is 0 Å². The van der Waals surface area contributed by atoms with Crippen molar-refractivity contribution < 1.29 is 5.11 Å². The van der Waals surface area contributed by atoms with E-state index in [2.05, 4.69) is 29.4 Å². The first kappa shape index (κ1) is 13.8. The Morgan fingerprint density at radius 1 is 1.16 bits per heavy atom. The Morgan fingerprint density at radius 3 is 2.53 bits per heavy atom. The molecule has 104 valence electrons. The molecular formula is C13H21N5O. The van der Waals surface area contributed by atoms with E-state index in [0.717, 1.165) is 0 Å². The van der Waals surface area contributed by atoms with Crippen molar-refractivity contribution in [3.05, 3.63) is 36.9 Å². The van der Waals surface area contributed by atoms with Gasteiger partial charge in [0.05, 0.1) is 18.7 Å². The van der Waals surface area contributed by atoms with Crippen molar-refractivity contribution in [1.82, 2.24) is 24.9 Å². The maximum absolute atomic E-state index is 9.94. The minimum absolute atomic E-state index is 0.229. The lowest BCUT2D eigenvalue weighted by Crippen LogP contribution is -2.40. The lowest BCUT2D eigenvalue weighted by atomic mass is 10.1. The fourth-order valence-electron chi connectivity index (χ4n) is 1.93. The molecule has 2 rings (SSSR count). The molecule has 0 amide bonds. The molecule has 0 aliphatic heterocycles. The highest BCUT2D eigenvalue weighted by molar-refractivity contribution is 4.84. The number of aliphatic hydroxyl groups excluding tert-OH is 1. The molecule has 0 saturated heterocycles. The molecule has 0 saturated carbocycles. The van der Waals surface area contributed by atoms with Gasteiger partial charge in [-0.2, -0.15) is 10.2 Å². The Balaban J connectivity index is 1.75. The van der Waals surface area contributed by atoms with Crippen LogP contribution in [0.4, 0.5) is 0 Å². The van der Waals surface area contributed by atoms with Crippen LogP contribution in [0.2, 0.25) is 0 Å². The summed E-state index contributed by atoms with van der Waals surface area (Å²) < 4.78 is 3.64. The second-order valence-electron chi connectivity index (χ2n) is 4.81. The zero-order valence-electron chi connectivity index (χ0n) is 11.3. The third kappa shape index (κ3) is 3.90. The number of rotatable bonds is 7. The standard InChI is InChI=1S/C13H21N5O/c1-11(12(2)18-8-4-6-16-18)14-9-13(19)10-17-7-3-5-15-17/h3-8,11-14,19H,9-10H2,1-2H3/t11-,12+,13+/m0/s1. The first-order valence-electron chi connectivity index (χ1n) is 6.55. The van der Waals surface area contributed by atoms with Gasteiger partial charge in [-0.1, -0.05) is 0 Å². The molecule has 0 fully saturated rings. The van der Waals surface area contributed by atoms with Crippen LogP contribution in [0.3, 0.4) is 0 Å². The van der Waals surface area contributed by atoms with Crippen LogP contribution in [-0.4, -0.2) is 43.4 Å². The number of hydrogen-bond donors (Lipinski definition) is 2. The molecule has 19 heavy (non-hydrogen) atoms. The van der Waals surface area contributed by atoms with Crippen molar-refractivity contribution in [2.45, 2.75) is 38.6 Å². The van der Waals surface area contributed by atoms with Gasteiger partial charge in [0.1, 0.15) is 0 Å². The van der Waals surface area contributed by atoms with Gasteiger partial charge in [0.15, 0.2) is 0 Å². The van der Waals surface area contributed by atoms with E-state index in [1.165, 1.54) is 0 Å². The third-order valence-electron chi connectivity index (χ3n) is 3.30. The molecule has 0 aliphatic carbocycles. The van der Waals surface area contributed by atoms with E-state index >= 15 is 0 Å². The van der Waals surface area contributed by atoms with E-state index in [4.69, 9.17) is 0 Å². The van der Waals surface area contributed by atoms with Crippen molar-refractivity contribution in [1.29, 1.82) is 0 Å². The molecule has 0 aliphatic rings. The van der Waals surface area contributed by atoms with Crippen molar-refractivity contribution >= 4 is 0 Å². The zero-order valence-corrected chi connectivity index (χ0v) is 11.3. The molecule has 6 heteroatoms. The molecule has 0 spiro atoms. The van der Waals surface area contributed by atoms with Gasteiger partial charge in [0, 0.05) is 37.4 Å². The van der Waals surface area contributed by atoms with E-state index in [9.17, 15) is 5.11 Å². The van der Waals surface area contributed by atoms with Crippen molar-refractivity contribution in [2.24, 2.45) is 0 Å². The number of aliphatic hydroxyl groups is 1. The van der Waals surface area contributed by atoms with Gasteiger partial charge >= 0.3 is 0 Å². The highest BCUT2D eigenvalue weighted by Crippen LogP contribution is 2.08. The normalized spacial score (nSPS) is 16.2. The van der Waals surface area contributed by atoms with Gasteiger partial charge < -0.3 is 10.4 Å². The fourth-order valence-corrected chi connectivity index (χ4v) is 1.93. The van der Waals surface area contributed by atoms with Gasteiger partial charge in [0.2, 0.25) is 0 Å². The van der Waals surface area contributed by atoms with Crippen LogP contribution in [0, 0.1) is 0 Å². The molecular weight excluding hydrogens is 242 g/mol. The minimum atomic E-state index is -0.452. The molecule has 0 unspecified atom stereocenters. The Kier molecular flexibility index (Phi) is 4.70. The molecule has 2 aromatic heterocycles. The van der Waals surface area contributed by atoms with Gasteiger partial charge in [-0.3, -0.25) is 9.36 Å². The third-order valence-corrected chi connectivity index (χ3v) is 3.30. The Hall–Kier alpha value is -1.66. The minimum Gasteiger partial charge on any atom is -0.390 e. The van der Waals surface area contributed by atoms with Crippen LogP contribution in [0.5, 0.6) is 0 Å². The second-order valence-corrected chi connectivity index (χ2v) is 4.81. The quantitative estimate of drug-likeness (QED) is 0.771. The highest BCUT2D eigenvalue weighted by atomic mass is 16.3. The summed E-state index contributed by atoms with van der Waals surface area (Å²) in [5, 5.41) is 21.6. The van der Waals surface area contributed by atoms with Crippen LogP contribution >= 0.6 is 0 Å². The summed E-state index contributed by atoms with van der Waals surface area (Å²) >= 11 is 0. The SMILES string of the molecule is C[C@H](NC[C@@H](O)Cn1cccn1)[C@@H](C)n1cccn1. The maximum atomic E-state index is 9.94. The Labute approximate surface area is 113 Å². The molecule has 3 atom stereocenters. The smallest absolute Gasteiger partial charge is 0.0860 e. The van der Waals surface area contributed by atoms with E-state index in [1.54, 1.807) is 17.1 Å². The summed E-state index contributed by atoms with van der Waals surface area (Å²) in [4.78, 5) is 0. The van der Waals surface area contributed by atoms with Gasteiger partial charge in [-0.05, 0) is 26.0 Å². The Morgan fingerprint density at radius 2 is 1.89 bits per heavy atom. The number of nitrogens with one attached hydrogen (secondary N) is 1. The fraction of sp³-hybridized carbons (Fsp3) is 0.538. The first-order chi connectivity index (χ1) is 9.16. The predicted molar refractivity (Wildman–Crippen MR) is 72.6 cm³/mol. The van der Waals surface area contributed by atoms with E-state index in [0.29, 0.717) is 13.1 Å². The van der Waals surface area contributed by atoms with Crippen molar-refractivity contribution in [3.8, 4) is 0 Å². The molecule has 2 aromatic rings. The lowest BCUT2D eigenvalue weighted by molar-refractivity contribution is 0.140. The molecule has 0 bridgehead atoms. The van der Waals surface area contributed by atoms with Crippen LogP contribution < -0.4 is 5.32 Å². The average molecular weight is 263 g/mol. The van der Waals surface area contributed by atoms with E-state index in [1.807, 2.05) is 29.2 Å². The summed E-state index contributed by atoms with van der Waals surface area (Å²) in [6.07, 6.45) is 6.83. The van der Waals surface area contributed by atoms with Crippen LogP contribution in [0.1, 0.15) is 19.9 Å². The molecule has 6 nitrogen and oxygen atoms in total. The zero-order chi connectivity index (χ0) is 13.7. The number of nitrogens with zero attached hydrogens (tertiary/aromatic N) is 4. The van der Waals surface area contributed by atoms with Crippen molar-refractivity contribution in [3.63, 3.8) is 0 Å². The lowest BCUT2D eigenvalue weighted by Gasteiger charge is -2.23. The van der Waals surface area contributed by atoms with Crippen LogP contribution in [0.15, 0.2) is 36.9 Å². The number of hydrogen-bond acceptors (Lipinski definition) is 4. The first-order valence-corrected chi connectivity index (χ1v) is 6.55. The van der Waals surface area contributed by atoms with Gasteiger partial charge in [-0.15, -0.1) is 0 Å². The van der Waals surface area contributed by atoms with Crippen molar-refractivity contribution in [2.75, 3.05) is 6.54 Å². The Bertz CT molecular complexity index is 453.